The summed E-state index contributed by atoms with van der Waals surface area (Å²) in [7, 11) is 0. The minimum absolute atomic E-state index is 0.191. The standard InChI is InChI=1S/C8H10O3/c1-3-4-8(2)5-11-7(10)6(8)9/h3H,1,4-5H2,2H3. The molecule has 3 heteroatoms. The van der Waals surface area contributed by atoms with Crippen LogP contribution in [0.2, 0.25) is 0 Å². The summed E-state index contributed by atoms with van der Waals surface area (Å²) in [5, 5.41) is 0. The van der Waals surface area contributed by atoms with E-state index < -0.39 is 17.2 Å². The molecule has 0 aromatic carbocycles. The molecule has 0 spiro atoms. The van der Waals surface area contributed by atoms with Crippen molar-refractivity contribution in [2.75, 3.05) is 6.61 Å². The van der Waals surface area contributed by atoms with Crippen molar-refractivity contribution >= 4 is 11.8 Å². The van der Waals surface area contributed by atoms with Crippen LogP contribution >= 0.6 is 0 Å². The van der Waals surface area contributed by atoms with E-state index in [1.165, 1.54) is 0 Å². The van der Waals surface area contributed by atoms with E-state index in [0.29, 0.717) is 6.42 Å². The first kappa shape index (κ1) is 7.98. The molecule has 0 saturated carbocycles. The highest BCUT2D eigenvalue weighted by atomic mass is 16.5. The molecule has 0 aromatic rings. The second-order valence-corrected chi connectivity index (χ2v) is 2.96. The molecule has 1 aliphatic rings. The molecule has 11 heavy (non-hydrogen) atoms. The van der Waals surface area contributed by atoms with E-state index in [9.17, 15) is 9.59 Å². The highest BCUT2D eigenvalue weighted by Crippen LogP contribution is 2.29. The quantitative estimate of drug-likeness (QED) is 0.334. The lowest BCUT2D eigenvalue weighted by Gasteiger charge is -2.14. The summed E-state index contributed by atoms with van der Waals surface area (Å²) < 4.78 is 4.60. The summed E-state index contributed by atoms with van der Waals surface area (Å²) >= 11 is 0. The summed E-state index contributed by atoms with van der Waals surface area (Å²) in [5.74, 6) is -1.15. The van der Waals surface area contributed by atoms with Crippen LogP contribution in [-0.2, 0) is 14.3 Å². The third-order valence-corrected chi connectivity index (χ3v) is 1.85. The van der Waals surface area contributed by atoms with Crippen molar-refractivity contribution < 1.29 is 14.3 Å². The Morgan fingerprint density at radius 2 is 2.36 bits per heavy atom. The number of carbonyl (C=O) groups excluding carboxylic acids is 2. The van der Waals surface area contributed by atoms with Gasteiger partial charge in [-0.05, 0) is 13.3 Å². The average molecular weight is 154 g/mol. The molecule has 0 aliphatic carbocycles. The van der Waals surface area contributed by atoms with Crippen molar-refractivity contribution in [3.8, 4) is 0 Å². The summed E-state index contributed by atoms with van der Waals surface area (Å²) in [4.78, 5) is 21.8. The number of cyclic esters (lactones) is 1. The maximum absolute atomic E-state index is 11.1. The van der Waals surface area contributed by atoms with Gasteiger partial charge in [0, 0.05) is 0 Å². The van der Waals surface area contributed by atoms with Gasteiger partial charge in [-0.1, -0.05) is 6.08 Å². The van der Waals surface area contributed by atoms with Crippen molar-refractivity contribution in [3.05, 3.63) is 12.7 Å². The Kier molecular flexibility index (Phi) is 1.81. The zero-order chi connectivity index (χ0) is 8.48. The highest BCUT2D eigenvalue weighted by Gasteiger charge is 2.44. The lowest BCUT2D eigenvalue weighted by molar-refractivity contribution is -0.147. The first-order valence-corrected chi connectivity index (χ1v) is 3.42. The minimum Gasteiger partial charge on any atom is -0.459 e. The number of ketones is 1. The number of hydrogen-bond donors (Lipinski definition) is 0. The van der Waals surface area contributed by atoms with Crippen LogP contribution in [0.25, 0.3) is 0 Å². The lowest BCUT2D eigenvalue weighted by atomic mass is 9.85. The van der Waals surface area contributed by atoms with E-state index in [1.54, 1.807) is 13.0 Å². The summed E-state index contributed by atoms with van der Waals surface area (Å²) in [6.07, 6.45) is 2.12. The molecular weight excluding hydrogens is 144 g/mol. The van der Waals surface area contributed by atoms with Gasteiger partial charge in [0.05, 0.1) is 5.41 Å². The Bertz CT molecular complexity index is 219. The minimum atomic E-state index is -0.714. The SMILES string of the molecule is C=CCC1(C)COC(=O)C1=O. The molecule has 0 radical (unpaired) electrons. The molecule has 1 unspecified atom stereocenters. The van der Waals surface area contributed by atoms with Gasteiger partial charge in [-0.25, -0.2) is 4.79 Å². The number of esters is 1. The van der Waals surface area contributed by atoms with Gasteiger partial charge < -0.3 is 4.74 Å². The zero-order valence-electron chi connectivity index (χ0n) is 6.42. The van der Waals surface area contributed by atoms with Gasteiger partial charge in [-0.2, -0.15) is 0 Å². The Morgan fingerprint density at radius 3 is 2.73 bits per heavy atom. The first-order chi connectivity index (χ1) is 5.10. The van der Waals surface area contributed by atoms with Gasteiger partial charge in [0.25, 0.3) is 0 Å². The molecule has 1 rings (SSSR count). The maximum Gasteiger partial charge on any atom is 0.375 e. The van der Waals surface area contributed by atoms with E-state index in [-0.39, 0.29) is 6.61 Å². The van der Waals surface area contributed by atoms with Gasteiger partial charge in [-0.15, -0.1) is 6.58 Å². The number of hydrogen-bond acceptors (Lipinski definition) is 3. The topological polar surface area (TPSA) is 43.4 Å². The van der Waals surface area contributed by atoms with E-state index in [4.69, 9.17) is 0 Å². The van der Waals surface area contributed by atoms with Crippen LogP contribution in [0.1, 0.15) is 13.3 Å². The number of carbonyl (C=O) groups is 2. The fourth-order valence-electron chi connectivity index (χ4n) is 1.07. The van der Waals surface area contributed by atoms with Crippen LogP contribution in [0.3, 0.4) is 0 Å². The van der Waals surface area contributed by atoms with Crippen LogP contribution in [0.15, 0.2) is 12.7 Å². The van der Waals surface area contributed by atoms with Crippen LogP contribution in [0.5, 0.6) is 0 Å². The Labute approximate surface area is 65.0 Å². The third kappa shape index (κ3) is 1.18. The van der Waals surface area contributed by atoms with Gasteiger partial charge in [-0.3, -0.25) is 4.79 Å². The van der Waals surface area contributed by atoms with E-state index in [1.807, 2.05) is 0 Å². The zero-order valence-corrected chi connectivity index (χ0v) is 6.42. The monoisotopic (exact) mass is 154 g/mol. The molecule has 1 heterocycles. The largest absolute Gasteiger partial charge is 0.459 e. The second-order valence-electron chi connectivity index (χ2n) is 2.96. The molecule has 0 aromatic heterocycles. The van der Waals surface area contributed by atoms with Gasteiger partial charge in [0.15, 0.2) is 0 Å². The first-order valence-electron chi connectivity index (χ1n) is 3.42. The molecule has 0 amide bonds. The molecule has 60 valence electrons. The molecule has 3 nitrogen and oxygen atoms in total. The number of rotatable bonds is 2. The van der Waals surface area contributed by atoms with Gasteiger partial charge in [0.1, 0.15) is 6.61 Å². The normalized spacial score (nSPS) is 30.3. The molecule has 0 N–H and O–H groups in total. The van der Waals surface area contributed by atoms with Gasteiger partial charge >= 0.3 is 5.97 Å². The number of allylic oxidation sites excluding steroid dienone is 1. The molecule has 1 fully saturated rings. The van der Waals surface area contributed by atoms with Crippen LogP contribution in [0, 0.1) is 5.41 Å². The molecule has 1 saturated heterocycles. The average Bonchev–Trinajstić information content (AvgIpc) is 2.19. The predicted molar refractivity (Wildman–Crippen MR) is 38.9 cm³/mol. The fourth-order valence-corrected chi connectivity index (χ4v) is 1.07. The van der Waals surface area contributed by atoms with Crippen LogP contribution < -0.4 is 0 Å². The Balaban J connectivity index is 2.80. The second kappa shape index (κ2) is 2.49. The van der Waals surface area contributed by atoms with Crippen molar-refractivity contribution in [2.45, 2.75) is 13.3 Å². The molecule has 0 bridgehead atoms. The third-order valence-electron chi connectivity index (χ3n) is 1.85. The predicted octanol–water partition coefficient (Wildman–Crippen LogP) is 0.695. The van der Waals surface area contributed by atoms with Crippen molar-refractivity contribution in [1.29, 1.82) is 0 Å². The van der Waals surface area contributed by atoms with E-state index in [0.717, 1.165) is 0 Å². The summed E-state index contributed by atoms with van der Waals surface area (Å²) in [6, 6.07) is 0. The van der Waals surface area contributed by atoms with Crippen molar-refractivity contribution in [2.24, 2.45) is 5.41 Å². The smallest absolute Gasteiger partial charge is 0.375 e. The highest BCUT2D eigenvalue weighted by molar-refractivity contribution is 6.37. The molecule has 1 aliphatic heterocycles. The maximum atomic E-state index is 11.1. The Hall–Kier alpha value is -1.12. The van der Waals surface area contributed by atoms with Crippen LogP contribution in [-0.4, -0.2) is 18.4 Å². The molecular formula is C8H10O3. The number of Topliss-reactive ketones (excluding diaryl/α,β-unsaturated/α-hetero) is 1. The fraction of sp³-hybridized carbons (Fsp3) is 0.500. The number of ether oxygens (including phenoxy) is 1. The van der Waals surface area contributed by atoms with Crippen LogP contribution in [0.4, 0.5) is 0 Å². The van der Waals surface area contributed by atoms with Crippen molar-refractivity contribution in [1.82, 2.24) is 0 Å². The summed E-state index contributed by atoms with van der Waals surface area (Å²) in [6.45, 7) is 5.41. The van der Waals surface area contributed by atoms with Gasteiger partial charge in [0.2, 0.25) is 5.78 Å². The summed E-state index contributed by atoms with van der Waals surface area (Å²) in [5.41, 5.74) is -0.654. The lowest BCUT2D eigenvalue weighted by Crippen LogP contribution is -2.26. The van der Waals surface area contributed by atoms with E-state index >= 15 is 0 Å². The Morgan fingerprint density at radius 1 is 1.73 bits per heavy atom. The van der Waals surface area contributed by atoms with E-state index in [2.05, 4.69) is 11.3 Å². The molecule has 1 atom stereocenters. The van der Waals surface area contributed by atoms with Crippen molar-refractivity contribution in [3.63, 3.8) is 0 Å².